The summed E-state index contributed by atoms with van der Waals surface area (Å²) in [6.45, 7) is 0. The lowest BCUT2D eigenvalue weighted by Crippen LogP contribution is -2.16. The van der Waals surface area contributed by atoms with E-state index in [1.54, 1.807) is 0 Å². The average Bonchev–Trinajstić information content (AvgIpc) is 3.03. The number of sulfonamides is 1. The number of benzene rings is 2. The van der Waals surface area contributed by atoms with E-state index in [4.69, 9.17) is 11.6 Å². The van der Waals surface area contributed by atoms with E-state index in [0.29, 0.717) is 11.8 Å². The van der Waals surface area contributed by atoms with Crippen LogP contribution in [0.2, 0.25) is 5.02 Å². The van der Waals surface area contributed by atoms with Gasteiger partial charge in [0.1, 0.15) is 29.2 Å². The summed E-state index contributed by atoms with van der Waals surface area (Å²) in [5.74, 6) is -1.95. The molecular formula is C14H9ClF2N4O2S. The van der Waals surface area contributed by atoms with E-state index in [1.165, 1.54) is 35.5 Å². The molecule has 6 nitrogen and oxygen atoms in total. The van der Waals surface area contributed by atoms with E-state index in [1.807, 2.05) is 0 Å². The molecule has 124 valence electrons. The van der Waals surface area contributed by atoms with Gasteiger partial charge in [0.05, 0.1) is 11.4 Å². The van der Waals surface area contributed by atoms with Crippen molar-refractivity contribution in [1.29, 1.82) is 0 Å². The molecule has 0 aliphatic carbocycles. The Morgan fingerprint density at radius 2 is 1.92 bits per heavy atom. The van der Waals surface area contributed by atoms with Crippen LogP contribution in [0.4, 0.5) is 14.5 Å². The lowest BCUT2D eigenvalue weighted by atomic mass is 10.3. The van der Waals surface area contributed by atoms with Crippen molar-refractivity contribution in [1.82, 2.24) is 14.8 Å². The van der Waals surface area contributed by atoms with Gasteiger partial charge in [-0.1, -0.05) is 11.6 Å². The Balaban J connectivity index is 2.08. The molecule has 24 heavy (non-hydrogen) atoms. The number of nitrogens with one attached hydrogen (secondary N) is 1. The van der Waals surface area contributed by atoms with Crippen molar-refractivity contribution in [3.63, 3.8) is 0 Å². The minimum Gasteiger partial charge on any atom is -0.277 e. The van der Waals surface area contributed by atoms with E-state index in [0.717, 1.165) is 12.1 Å². The van der Waals surface area contributed by atoms with E-state index < -0.39 is 26.6 Å². The minimum absolute atomic E-state index is 0.0386. The fraction of sp³-hybridized carbons (Fsp3) is 0. The number of hydrogen-bond acceptors (Lipinski definition) is 4. The zero-order valence-corrected chi connectivity index (χ0v) is 13.4. The topological polar surface area (TPSA) is 76.9 Å². The minimum atomic E-state index is -4.38. The third-order valence-electron chi connectivity index (χ3n) is 3.05. The van der Waals surface area contributed by atoms with Gasteiger partial charge in [0.2, 0.25) is 0 Å². The van der Waals surface area contributed by atoms with Crippen LogP contribution in [-0.2, 0) is 10.0 Å². The first kappa shape index (κ1) is 16.3. The van der Waals surface area contributed by atoms with Gasteiger partial charge in [-0.05, 0) is 36.4 Å². The van der Waals surface area contributed by atoms with Crippen LogP contribution in [0.15, 0.2) is 53.9 Å². The van der Waals surface area contributed by atoms with Crippen molar-refractivity contribution >= 4 is 27.3 Å². The average molecular weight is 371 g/mol. The maximum atomic E-state index is 13.8. The molecule has 1 aromatic heterocycles. The second-order valence-corrected chi connectivity index (χ2v) is 6.77. The largest absolute Gasteiger partial charge is 0.277 e. The second kappa shape index (κ2) is 6.17. The molecular weight excluding hydrogens is 362 g/mol. The summed E-state index contributed by atoms with van der Waals surface area (Å²) in [5, 5.41) is 4.15. The first-order chi connectivity index (χ1) is 11.4. The zero-order chi connectivity index (χ0) is 17.3. The van der Waals surface area contributed by atoms with Gasteiger partial charge in [0.25, 0.3) is 10.0 Å². The van der Waals surface area contributed by atoms with Crippen LogP contribution in [0, 0.1) is 11.6 Å². The van der Waals surface area contributed by atoms with Gasteiger partial charge < -0.3 is 0 Å². The van der Waals surface area contributed by atoms with E-state index in [9.17, 15) is 17.2 Å². The van der Waals surface area contributed by atoms with Gasteiger partial charge in [0, 0.05) is 5.02 Å². The molecule has 0 unspecified atom stereocenters. The number of halogens is 3. The summed E-state index contributed by atoms with van der Waals surface area (Å²) in [6.07, 6.45) is 2.61. The number of anilines is 1. The van der Waals surface area contributed by atoms with Crippen LogP contribution in [0.3, 0.4) is 0 Å². The number of aromatic nitrogens is 3. The molecule has 0 fully saturated rings. The quantitative estimate of drug-likeness (QED) is 0.766. The lowest BCUT2D eigenvalue weighted by molar-refractivity contribution is 0.555. The summed E-state index contributed by atoms with van der Waals surface area (Å²) in [4.78, 5) is 2.96. The van der Waals surface area contributed by atoms with Crippen molar-refractivity contribution in [2.45, 2.75) is 4.90 Å². The second-order valence-electron chi connectivity index (χ2n) is 4.68. The molecule has 3 aromatic rings. The highest BCUT2D eigenvalue weighted by molar-refractivity contribution is 7.92. The third kappa shape index (κ3) is 3.22. The summed E-state index contributed by atoms with van der Waals surface area (Å²) in [6, 6.07) is 6.52. The number of rotatable bonds is 4. The molecule has 1 N–H and O–H groups in total. The van der Waals surface area contributed by atoms with Crippen LogP contribution in [0.25, 0.3) is 5.69 Å². The molecule has 1 heterocycles. The summed E-state index contributed by atoms with van der Waals surface area (Å²) in [7, 11) is -4.38. The lowest BCUT2D eigenvalue weighted by Gasteiger charge is -2.13. The monoisotopic (exact) mass is 370 g/mol. The van der Waals surface area contributed by atoms with Crippen molar-refractivity contribution in [3.05, 3.63) is 65.7 Å². The first-order valence-electron chi connectivity index (χ1n) is 6.49. The highest BCUT2D eigenvalue weighted by Crippen LogP contribution is 2.27. The van der Waals surface area contributed by atoms with Gasteiger partial charge in [-0.3, -0.25) is 4.72 Å². The molecule has 0 aliphatic rings. The molecule has 0 saturated carbocycles. The summed E-state index contributed by atoms with van der Waals surface area (Å²) >= 11 is 5.90. The summed E-state index contributed by atoms with van der Waals surface area (Å²) < 4.78 is 55.4. The van der Waals surface area contributed by atoms with Crippen LogP contribution >= 0.6 is 11.6 Å². The van der Waals surface area contributed by atoms with Gasteiger partial charge in [-0.15, -0.1) is 0 Å². The van der Waals surface area contributed by atoms with Gasteiger partial charge in [-0.25, -0.2) is 26.9 Å². The molecule has 0 spiro atoms. The fourth-order valence-corrected chi connectivity index (χ4v) is 3.33. The molecule has 10 heteroatoms. The Bertz CT molecular complexity index is 994. The van der Waals surface area contributed by atoms with Crippen molar-refractivity contribution in [2.24, 2.45) is 0 Å². The normalized spacial score (nSPS) is 11.5. The fourth-order valence-electron chi connectivity index (χ4n) is 2.01. The SMILES string of the molecule is O=S(=O)(Nc1cc(Cl)ccc1-n1cncn1)c1cc(F)ccc1F. The standard InChI is InChI=1S/C14H9ClF2N4O2S/c15-9-1-4-13(21-8-18-7-19-21)12(5-9)20-24(22,23)14-6-10(16)2-3-11(14)17/h1-8,20H. The molecule has 0 saturated heterocycles. The molecule has 3 rings (SSSR count). The highest BCUT2D eigenvalue weighted by Gasteiger charge is 2.22. The van der Waals surface area contributed by atoms with Crippen LogP contribution in [-0.4, -0.2) is 23.2 Å². The smallest absolute Gasteiger partial charge is 0.264 e. The predicted molar refractivity (Wildman–Crippen MR) is 83.5 cm³/mol. The maximum Gasteiger partial charge on any atom is 0.264 e. The zero-order valence-electron chi connectivity index (χ0n) is 11.8. The molecule has 2 aromatic carbocycles. The van der Waals surface area contributed by atoms with E-state index in [2.05, 4.69) is 14.8 Å². The number of nitrogens with zero attached hydrogens (tertiary/aromatic N) is 3. The highest BCUT2D eigenvalue weighted by atomic mass is 35.5. The molecule has 0 amide bonds. The Labute approximate surface area is 140 Å². The predicted octanol–water partition coefficient (Wildman–Crippen LogP) is 3.00. The Hall–Kier alpha value is -2.52. The molecule has 0 radical (unpaired) electrons. The van der Waals surface area contributed by atoms with Crippen LogP contribution in [0.1, 0.15) is 0 Å². The Kier molecular flexibility index (Phi) is 4.20. The van der Waals surface area contributed by atoms with Gasteiger partial charge in [-0.2, -0.15) is 5.10 Å². The van der Waals surface area contributed by atoms with Crippen LogP contribution < -0.4 is 4.72 Å². The van der Waals surface area contributed by atoms with Crippen molar-refractivity contribution in [3.8, 4) is 5.69 Å². The maximum absolute atomic E-state index is 13.8. The van der Waals surface area contributed by atoms with E-state index in [-0.39, 0.29) is 10.7 Å². The Morgan fingerprint density at radius 3 is 2.62 bits per heavy atom. The molecule has 0 bridgehead atoms. The molecule has 0 atom stereocenters. The Morgan fingerprint density at radius 1 is 1.12 bits per heavy atom. The molecule has 0 aliphatic heterocycles. The van der Waals surface area contributed by atoms with Crippen molar-refractivity contribution in [2.75, 3.05) is 4.72 Å². The first-order valence-corrected chi connectivity index (χ1v) is 8.35. The van der Waals surface area contributed by atoms with Gasteiger partial charge in [0.15, 0.2) is 0 Å². The van der Waals surface area contributed by atoms with E-state index >= 15 is 0 Å². The summed E-state index contributed by atoms with van der Waals surface area (Å²) in [5.41, 5.74) is 0.356. The third-order valence-corrected chi connectivity index (χ3v) is 4.67. The van der Waals surface area contributed by atoms with Crippen molar-refractivity contribution < 1.29 is 17.2 Å². The van der Waals surface area contributed by atoms with Crippen LogP contribution in [0.5, 0.6) is 0 Å². The number of hydrogen-bond donors (Lipinski definition) is 1. The van der Waals surface area contributed by atoms with Gasteiger partial charge >= 0.3 is 0 Å².